The second kappa shape index (κ2) is 7.30. The molecule has 1 aromatic carbocycles. The van der Waals surface area contributed by atoms with Crippen LogP contribution in [0.2, 0.25) is 0 Å². The van der Waals surface area contributed by atoms with Gasteiger partial charge in [-0.05, 0) is 31.2 Å². The van der Waals surface area contributed by atoms with Crippen LogP contribution in [0, 0.1) is 0 Å². The first-order valence-electron chi connectivity index (χ1n) is 7.57. The molecular formula is C17H20N2O4. The van der Waals surface area contributed by atoms with E-state index in [9.17, 15) is 5.11 Å². The molecule has 1 aliphatic rings. The Morgan fingerprint density at radius 1 is 1.26 bits per heavy atom. The van der Waals surface area contributed by atoms with Crippen molar-refractivity contribution in [2.45, 2.75) is 19.1 Å². The van der Waals surface area contributed by atoms with Crippen LogP contribution in [0.5, 0.6) is 17.2 Å². The lowest BCUT2D eigenvalue weighted by Gasteiger charge is -2.17. The minimum atomic E-state index is -0.619. The van der Waals surface area contributed by atoms with Gasteiger partial charge in [0, 0.05) is 24.8 Å². The predicted molar refractivity (Wildman–Crippen MR) is 84.7 cm³/mol. The van der Waals surface area contributed by atoms with Crippen molar-refractivity contribution in [2.24, 2.45) is 0 Å². The van der Waals surface area contributed by atoms with Crippen LogP contribution < -0.4 is 19.5 Å². The SMILES string of the molecule is C[C@@H](NC[C@@H](O)COc1ccc2c(c1)OCO2)c1ccccn1. The highest BCUT2D eigenvalue weighted by atomic mass is 16.7. The van der Waals surface area contributed by atoms with E-state index in [1.54, 1.807) is 24.4 Å². The third-order valence-electron chi connectivity index (χ3n) is 3.58. The number of aromatic nitrogens is 1. The van der Waals surface area contributed by atoms with Gasteiger partial charge in [0.05, 0.1) is 5.69 Å². The first-order valence-corrected chi connectivity index (χ1v) is 7.57. The summed E-state index contributed by atoms with van der Waals surface area (Å²) < 4.78 is 16.1. The summed E-state index contributed by atoms with van der Waals surface area (Å²) in [6.45, 7) is 2.86. The zero-order chi connectivity index (χ0) is 16.1. The molecule has 1 aromatic heterocycles. The standard InChI is InChI=1S/C17H20N2O4/c1-12(15-4-2-3-7-18-15)19-9-13(20)10-21-14-5-6-16-17(8-14)23-11-22-16/h2-8,12-13,19-20H,9-11H2,1H3/t12-,13-/m1/s1. The van der Waals surface area contributed by atoms with Crippen molar-refractivity contribution < 1.29 is 19.3 Å². The molecule has 6 nitrogen and oxygen atoms in total. The van der Waals surface area contributed by atoms with Crippen LogP contribution in [0.1, 0.15) is 18.7 Å². The zero-order valence-electron chi connectivity index (χ0n) is 12.9. The Kier molecular flexibility index (Phi) is 4.95. The number of hydrogen-bond donors (Lipinski definition) is 2. The quantitative estimate of drug-likeness (QED) is 0.813. The molecular weight excluding hydrogens is 296 g/mol. The molecule has 0 fully saturated rings. The largest absolute Gasteiger partial charge is 0.491 e. The maximum atomic E-state index is 10.0. The Labute approximate surface area is 135 Å². The number of aliphatic hydroxyl groups is 1. The lowest BCUT2D eigenvalue weighted by molar-refractivity contribution is 0.104. The van der Waals surface area contributed by atoms with Gasteiger partial charge in [0.2, 0.25) is 6.79 Å². The number of rotatable bonds is 7. The van der Waals surface area contributed by atoms with Gasteiger partial charge < -0.3 is 24.6 Å². The summed E-state index contributed by atoms with van der Waals surface area (Å²) in [4.78, 5) is 4.28. The number of nitrogens with one attached hydrogen (secondary N) is 1. The molecule has 6 heteroatoms. The van der Waals surface area contributed by atoms with E-state index in [1.165, 1.54) is 0 Å². The zero-order valence-corrected chi connectivity index (χ0v) is 12.9. The molecule has 2 N–H and O–H groups in total. The normalized spacial score (nSPS) is 15.2. The number of pyridine rings is 1. The lowest BCUT2D eigenvalue weighted by Crippen LogP contribution is -2.33. The summed E-state index contributed by atoms with van der Waals surface area (Å²) in [6.07, 6.45) is 1.14. The molecule has 122 valence electrons. The molecule has 0 amide bonds. The number of nitrogens with zero attached hydrogens (tertiary/aromatic N) is 1. The number of fused-ring (bicyclic) bond motifs is 1. The predicted octanol–water partition coefficient (Wildman–Crippen LogP) is 1.90. The van der Waals surface area contributed by atoms with Gasteiger partial charge in [-0.1, -0.05) is 6.07 Å². The van der Waals surface area contributed by atoms with E-state index in [0.29, 0.717) is 23.8 Å². The van der Waals surface area contributed by atoms with Gasteiger partial charge in [-0.3, -0.25) is 4.98 Å². The Bertz CT molecular complexity index is 636. The monoisotopic (exact) mass is 316 g/mol. The van der Waals surface area contributed by atoms with Gasteiger partial charge in [-0.2, -0.15) is 0 Å². The number of ether oxygens (including phenoxy) is 3. The highest BCUT2D eigenvalue weighted by molar-refractivity contribution is 5.46. The third kappa shape index (κ3) is 4.12. The van der Waals surface area contributed by atoms with Crippen molar-refractivity contribution in [3.63, 3.8) is 0 Å². The van der Waals surface area contributed by atoms with Crippen molar-refractivity contribution in [1.82, 2.24) is 10.3 Å². The smallest absolute Gasteiger partial charge is 0.231 e. The van der Waals surface area contributed by atoms with Gasteiger partial charge in [-0.15, -0.1) is 0 Å². The van der Waals surface area contributed by atoms with E-state index in [1.807, 2.05) is 25.1 Å². The molecule has 1 aliphatic heterocycles. The van der Waals surface area contributed by atoms with Crippen LogP contribution in [0.4, 0.5) is 0 Å². The minimum absolute atomic E-state index is 0.0661. The summed E-state index contributed by atoms with van der Waals surface area (Å²) in [5, 5.41) is 13.3. The summed E-state index contributed by atoms with van der Waals surface area (Å²) >= 11 is 0. The second-order valence-corrected chi connectivity index (χ2v) is 5.36. The summed E-state index contributed by atoms with van der Waals surface area (Å²) in [7, 11) is 0. The van der Waals surface area contributed by atoms with Crippen LogP contribution >= 0.6 is 0 Å². The van der Waals surface area contributed by atoms with E-state index in [4.69, 9.17) is 14.2 Å². The molecule has 0 aliphatic carbocycles. The van der Waals surface area contributed by atoms with Crippen LogP contribution in [0.3, 0.4) is 0 Å². The van der Waals surface area contributed by atoms with E-state index >= 15 is 0 Å². The Morgan fingerprint density at radius 3 is 2.96 bits per heavy atom. The molecule has 0 unspecified atom stereocenters. The molecule has 3 rings (SSSR count). The van der Waals surface area contributed by atoms with E-state index < -0.39 is 6.10 Å². The molecule has 23 heavy (non-hydrogen) atoms. The third-order valence-corrected chi connectivity index (χ3v) is 3.58. The summed E-state index contributed by atoms with van der Waals surface area (Å²) in [5.74, 6) is 2.02. The fourth-order valence-electron chi connectivity index (χ4n) is 2.27. The van der Waals surface area contributed by atoms with Gasteiger partial charge in [0.15, 0.2) is 11.5 Å². The fourth-order valence-corrected chi connectivity index (χ4v) is 2.27. The summed E-state index contributed by atoms with van der Waals surface area (Å²) in [5.41, 5.74) is 0.941. The maximum Gasteiger partial charge on any atom is 0.231 e. The van der Waals surface area contributed by atoms with E-state index in [0.717, 1.165) is 5.69 Å². The first-order chi connectivity index (χ1) is 11.2. The van der Waals surface area contributed by atoms with Crippen LogP contribution in [0.25, 0.3) is 0 Å². The Hall–Kier alpha value is -2.31. The molecule has 0 radical (unpaired) electrons. The van der Waals surface area contributed by atoms with Crippen molar-refractivity contribution in [2.75, 3.05) is 19.9 Å². The topological polar surface area (TPSA) is 72.8 Å². The van der Waals surface area contributed by atoms with Gasteiger partial charge in [0.1, 0.15) is 18.5 Å². The molecule has 0 saturated heterocycles. The van der Waals surface area contributed by atoms with E-state index in [2.05, 4.69) is 10.3 Å². The fraction of sp³-hybridized carbons (Fsp3) is 0.353. The first kappa shape index (κ1) is 15.6. The lowest BCUT2D eigenvalue weighted by atomic mass is 10.2. The van der Waals surface area contributed by atoms with Gasteiger partial charge >= 0.3 is 0 Å². The van der Waals surface area contributed by atoms with Crippen LogP contribution in [-0.4, -0.2) is 36.1 Å². The van der Waals surface area contributed by atoms with Crippen molar-refractivity contribution in [3.05, 3.63) is 48.3 Å². The van der Waals surface area contributed by atoms with Crippen molar-refractivity contribution >= 4 is 0 Å². The minimum Gasteiger partial charge on any atom is -0.491 e. The molecule has 2 aromatic rings. The molecule has 0 bridgehead atoms. The van der Waals surface area contributed by atoms with Crippen molar-refractivity contribution in [1.29, 1.82) is 0 Å². The molecule has 2 heterocycles. The average Bonchev–Trinajstić information content (AvgIpc) is 3.06. The number of benzene rings is 1. The summed E-state index contributed by atoms with van der Waals surface area (Å²) in [6, 6.07) is 11.2. The maximum absolute atomic E-state index is 10.0. The number of hydrogen-bond acceptors (Lipinski definition) is 6. The van der Waals surface area contributed by atoms with E-state index in [-0.39, 0.29) is 19.4 Å². The highest BCUT2D eigenvalue weighted by Gasteiger charge is 2.15. The Balaban J connectivity index is 1.44. The molecule has 0 saturated carbocycles. The van der Waals surface area contributed by atoms with Crippen molar-refractivity contribution in [3.8, 4) is 17.2 Å². The Morgan fingerprint density at radius 2 is 2.13 bits per heavy atom. The molecule has 0 spiro atoms. The van der Waals surface area contributed by atoms with Gasteiger partial charge in [-0.25, -0.2) is 0 Å². The average molecular weight is 316 g/mol. The van der Waals surface area contributed by atoms with Crippen LogP contribution in [-0.2, 0) is 0 Å². The molecule has 2 atom stereocenters. The number of aliphatic hydroxyl groups excluding tert-OH is 1. The van der Waals surface area contributed by atoms with Crippen LogP contribution in [0.15, 0.2) is 42.6 Å². The highest BCUT2D eigenvalue weighted by Crippen LogP contribution is 2.35. The second-order valence-electron chi connectivity index (χ2n) is 5.36. The van der Waals surface area contributed by atoms with Gasteiger partial charge in [0.25, 0.3) is 0 Å².